The van der Waals surface area contributed by atoms with E-state index < -0.39 is 0 Å². The number of methoxy groups -OCH3 is 1. The van der Waals surface area contributed by atoms with Gasteiger partial charge in [-0.05, 0) is 5.92 Å². The molecule has 0 aliphatic carbocycles. The van der Waals surface area contributed by atoms with Crippen molar-refractivity contribution in [3.63, 3.8) is 0 Å². The SMILES string of the molecule is CN=C(NCCC(=O)OC)NCc1nc(C(C)C)cs1.I. The predicted molar refractivity (Wildman–Crippen MR) is 96.5 cm³/mol. The summed E-state index contributed by atoms with van der Waals surface area (Å²) in [5.41, 5.74) is 1.11. The van der Waals surface area contributed by atoms with Gasteiger partial charge in [0, 0.05) is 19.0 Å². The third-order valence-electron chi connectivity index (χ3n) is 2.64. The number of esters is 1. The summed E-state index contributed by atoms with van der Waals surface area (Å²) < 4.78 is 4.57. The van der Waals surface area contributed by atoms with Crippen LogP contribution in [0.5, 0.6) is 0 Å². The first-order valence-corrected chi connectivity index (χ1v) is 7.40. The summed E-state index contributed by atoms with van der Waals surface area (Å²) in [7, 11) is 3.07. The van der Waals surface area contributed by atoms with Gasteiger partial charge in [0.25, 0.3) is 0 Å². The Bertz CT molecular complexity index is 463. The van der Waals surface area contributed by atoms with Crippen LogP contribution in [-0.2, 0) is 16.1 Å². The maximum Gasteiger partial charge on any atom is 0.307 e. The van der Waals surface area contributed by atoms with Crippen LogP contribution in [0.4, 0.5) is 0 Å². The fourth-order valence-electron chi connectivity index (χ4n) is 1.44. The molecular formula is C13H23IN4O2S. The van der Waals surface area contributed by atoms with Crippen LogP contribution in [-0.4, -0.2) is 37.6 Å². The molecule has 1 aromatic heterocycles. The highest BCUT2D eigenvalue weighted by atomic mass is 127. The van der Waals surface area contributed by atoms with E-state index in [4.69, 9.17) is 0 Å². The topological polar surface area (TPSA) is 75.6 Å². The number of aliphatic imine (C=N–C) groups is 1. The van der Waals surface area contributed by atoms with Crippen LogP contribution in [0.25, 0.3) is 0 Å². The van der Waals surface area contributed by atoms with Gasteiger partial charge in [-0.1, -0.05) is 13.8 Å². The third-order valence-corrected chi connectivity index (χ3v) is 3.51. The van der Waals surface area contributed by atoms with Crippen LogP contribution >= 0.6 is 35.3 Å². The van der Waals surface area contributed by atoms with Gasteiger partial charge in [0.05, 0.1) is 25.8 Å². The number of guanidine groups is 1. The standard InChI is InChI=1S/C13H22N4O2S.HI/c1-9(2)10-8-20-11(17-10)7-16-13(14-3)15-6-5-12(18)19-4;/h8-9H,5-7H2,1-4H3,(H2,14,15,16);1H. The van der Waals surface area contributed by atoms with Gasteiger partial charge in [-0.3, -0.25) is 9.79 Å². The highest BCUT2D eigenvalue weighted by molar-refractivity contribution is 14.0. The average Bonchev–Trinajstić information content (AvgIpc) is 2.91. The van der Waals surface area contributed by atoms with Crippen LogP contribution in [0.1, 0.15) is 36.9 Å². The summed E-state index contributed by atoms with van der Waals surface area (Å²) in [5.74, 6) is 0.849. The van der Waals surface area contributed by atoms with Crippen molar-refractivity contribution in [3.8, 4) is 0 Å². The van der Waals surface area contributed by atoms with Crippen molar-refractivity contribution in [2.24, 2.45) is 4.99 Å². The number of hydrogen-bond acceptors (Lipinski definition) is 5. The molecule has 0 saturated heterocycles. The molecule has 0 aliphatic heterocycles. The number of rotatable bonds is 6. The smallest absolute Gasteiger partial charge is 0.307 e. The summed E-state index contributed by atoms with van der Waals surface area (Å²) in [6.07, 6.45) is 0.311. The first-order chi connectivity index (χ1) is 9.56. The number of carbonyl (C=O) groups excluding carboxylic acids is 1. The van der Waals surface area contributed by atoms with Crippen molar-refractivity contribution in [1.82, 2.24) is 15.6 Å². The van der Waals surface area contributed by atoms with Crippen molar-refractivity contribution in [2.75, 3.05) is 20.7 Å². The first kappa shape index (κ1) is 20.1. The van der Waals surface area contributed by atoms with Gasteiger partial charge in [0.2, 0.25) is 0 Å². The quantitative estimate of drug-likeness (QED) is 0.316. The Kier molecular flexibility index (Phi) is 10.3. The summed E-state index contributed by atoms with van der Waals surface area (Å²) in [5, 5.41) is 9.31. The molecule has 0 radical (unpaired) electrons. The Morgan fingerprint density at radius 3 is 2.71 bits per heavy atom. The molecule has 1 aromatic rings. The average molecular weight is 426 g/mol. The molecule has 0 saturated carbocycles. The molecule has 0 bridgehead atoms. The normalized spacial score (nSPS) is 11.0. The number of ether oxygens (including phenoxy) is 1. The Morgan fingerprint density at radius 1 is 1.48 bits per heavy atom. The van der Waals surface area contributed by atoms with Crippen molar-refractivity contribution in [3.05, 3.63) is 16.1 Å². The molecule has 0 unspecified atom stereocenters. The lowest BCUT2D eigenvalue weighted by Crippen LogP contribution is -2.37. The number of aromatic nitrogens is 1. The molecule has 0 aromatic carbocycles. The van der Waals surface area contributed by atoms with E-state index in [2.05, 4.69) is 44.6 Å². The number of halogens is 1. The Balaban J connectivity index is 0.00000400. The fraction of sp³-hybridized carbons (Fsp3) is 0.615. The molecule has 0 fully saturated rings. The molecule has 1 rings (SSSR count). The highest BCUT2D eigenvalue weighted by Gasteiger charge is 2.06. The number of thiazole rings is 1. The van der Waals surface area contributed by atoms with Crippen LogP contribution in [0.3, 0.4) is 0 Å². The van der Waals surface area contributed by atoms with Crippen LogP contribution in [0.15, 0.2) is 10.4 Å². The van der Waals surface area contributed by atoms with E-state index in [1.807, 2.05) is 0 Å². The van der Waals surface area contributed by atoms with E-state index in [9.17, 15) is 4.79 Å². The minimum absolute atomic E-state index is 0. The maximum atomic E-state index is 11.0. The Morgan fingerprint density at radius 2 is 2.19 bits per heavy atom. The summed E-state index contributed by atoms with van der Waals surface area (Å²) in [4.78, 5) is 19.6. The minimum atomic E-state index is -0.241. The molecule has 120 valence electrons. The predicted octanol–water partition coefficient (Wildman–Crippen LogP) is 2.11. The number of nitrogens with one attached hydrogen (secondary N) is 2. The van der Waals surface area contributed by atoms with Crippen LogP contribution < -0.4 is 10.6 Å². The van der Waals surface area contributed by atoms with E-state index in [1.54, 1.807) is 18.4 Å². The second kappa shape index (κ2) is 10.8. The first-order valence-electron chi connectivity index (χ1n) is 6.52. The lowest BCUT2D eigenvalue weighted by molar-refractivity contribution is -0.140. The Hall–Kier alpha value is -0.900. The van der Waals surface area contributed by atoms with Crippen molar-refractivity contribution in [1.29, 1.82) is 0 Å². The minimum Gasteiger partial charge on any atom is -0.469 e. The summed E-state index contributed by atoms with van der Waals surface area (Å²) >= 11 is 1.63. The molecule has 6 nitrogen and oxygen atoms in total. The van der Waals surface area contributed by atoms with Gasteiger partial charge in [0.1, 0.15) is 5.01 Å². The number of nitrogens with zero attached hydrogens (tertiary/aromatic N) is 2. The van der Waals surface area contributed by atoms with Gasteiger partial charge < -0.3 is 15.4 Å². The van der Waals surface area contributed by atoms with Crippen molar-refractivity contribution >= 4 is 47.2 Å². The summed E-state index contributed by atoms with van der Waals surface area (Å²) in [6.45, 7) is 5.36. The molecule has 0 spiro atoms. The second-order valence-corrected chi connectivity index (χ2v) is 5.44. The molecular weight excluding hydrogens is 403 g/mol. The van der Waals surface area contributed by atoms with E-state index in [0.717, 1.165) is 10.7 Å². The third kappa shape index (κ3) is 7.60. The number of hydrogen-bond donors (Lipinski definition) is 2. The van der Waals surface area contributed by atoms with Gasteiger partial charge >= 0.3 is 5.97 Å². The summed E-state index contributed by atoms with van der Waals surface area (Å²) in [6, 6.07) is 0. The zero-order valence-electron chi connectivity index (χ0n) is 12.8. The molecule has 8 heteroatoms. The molecule has 0 amide bonds. The van der Waals surface area contributed by atoms with E-state index in [1.165, 1.54) is 7.11 Å². The maximum absolute atomic E-state index is 11.0. The fourth-order valence-corrected chi connectivity index (χ4v) is 2.33. The van der Waals surface area contributed by atoms with E-state index in [0.29, 0.717) is 31.4 Å². The highest BCUT2D eigenvalue weighted by Crippen LogP contribution is 2.17. The van der Waals surface area contributed by atoms with Gasteiger partial charge in [-0.15, -0.1) is 35.3 Å². The largest absolute Gasteiger partial charge is 0.469 e. The van der Waals surface area contributed by atoms with Crippen LogP contribution in [0, 0.1) is 0 Å². The van der Waals surface area contributed by atoms with Crippen molar-refractivity contribution in [2.45, 2.75) is 32.7 Å². The molecule has 0 aliphatic rings. The molecule has 21 heavy (non-hydrogen) atoms. The Labute approximate surface area is 146 Å². The van der Waals surface area contributed by atoms with Gasteiger partial charge in [-0.2, -0.15) is 0 Å². The zero-order chi connectivity index (χ0) is 15.0. The van der Waals surface area contributed by atoms with E-state index >= 15 is 0 Å². The van der Waals surface area contributed by atoms with Crippen molar-refractivity contribution < 1.29 is 9.53 Å². The lowest BCUT2D eigenvalue weighted by atomic mass is 10.2. The number of carbonyl (C=O) groups is 1. The van der Waals surface area contributed by atoms with E-state index in [-0.39, 0.29) is 29.9 Å². The van der Waals surface area contributed by atoms with Gasteiger partial charge in [-0.25, -0.2) is 4.98 Å². The molecule has 1 heterocycles. The van der Waals surface area contributed by atoms with Gasteiger partial charge in [0.15, 0.2) is 5.96 Å². The lowest BCUT2D eigenvalue weighted by Gasteiger charge is -2.10. The zero-order valence-corrected chi connectivity index (χ0v) is 16.0. The second-order valence-electron chi connectivity index (χ2n) is 4.50. The molecule has 2 N–H and O–H groups in total. The molecule has 0 atom stereocenters. The van der Waals surface area contributed by atoms with Crippen LogP contribution in [0.2, 0.25) is 0 Å². The monoisotopic (exact) mass is 426 g/mol.